The summed E-state index contributed by atoms with van der Waals surface area (Å²) >= 11 is 0. The van der Waals surface area contributed by atoms with Crippen molar-refractivity contribution in [2.24, 2.45) is 5.73 Å². The van der Waals surface area contributed by atoms with Crippen molar-refractivity contribution in [3.05, 3.63) is 29.8 Å². The van der Waals surface area contributed by atoms with Crippen molar-refractivity contribution < 1.29 is 4.79 Å². The Balaban J connectivity index is 1.90. The van der Waals surface area contributed by atoms with Gasteiger partial charge in [-0.2, -0.15) is 0 Å². The SMILES string of the molecule is CC(=O)Nc1ccccc1CNC1CCC(N)CC1. The topological polar surface area (TPSA) is 67.2 Å². The molecule has 1 aliphatic carbocycles. The fraction of sp³-hybridized carbons (Fsp3) is 0.533. The third-order valence-electron chi connectivity index (χ3n) is 3.68. The second-order valence-corrected chi connectivity index (χ2v) is 5.33. The first-order valence-corrected chi connectivity index (χ1v) is 6.99. The van der Waals surface area contributed by atoms with E-state index in [0.29, 0.717) is 12.1 Å². The monoisotopic (exact) mass is 261 g/mol. The van der Waals surface area contributed by atoms with Gasteiger partial charge in [-0.3, -0.25) is 4.79 Å². The number of para-hydroxylation sites is 1. The quantitative estimate of drug-likeness (QED) is 0.776. The molecule has 4 nitrogen and oxygen atoms in total. The van der Waals surface area contributed by atoms with E-state index in [1.165, 1.54) is 6.92 Å². The number of nitrogens with two attached hydrogens (primary N) is 1. The van der Waals surface area contributed by atoms with Gasteiger partial charge in [0.05, 0.1) is 0 Å². The van der Waals surface area contributed by atoms with Gasteiger partial charge in [-0.25, -0.2) is 0 Å². The molecule has 19 heavy (non-hydrogen) atoms. The van der Waals surface area contributed by atoms with E-state index in [9.17, 15) is 4.79 Å². The van der Waals surface area contributed by atoms with E-state index in [2.05, 4.69) is 10.6 Å². The van der Waals surface area contributed by atoms with Crippen LogP contribution in [0.4, 0.5) is 5.69 Å². The molecule has 1 amide bonds. The normalized spacial score (nSPS) is 23.1. The molecular formula is C15H23N3O. The van der Waals surface area contributed by atoms with Gasteiger partial charge in [0.1, 0.15) is 0 Å². The van der Waals surface area contributed by atoms with E-state index < -0.39 is 0 Å². The zero-order chi connectivity index (χ0) is 13.7. The van der Waals surface area contributed by atoms with Crippen molar-refractivity contribution in [3.8, 4) is 0 Å². The van der Waals surface area contributed by atoms with E-state index in [1.807, 2.05) is 24.3 Å². The predicted octanol–water partition coefficient (Wildman–Crippen LogP) is 2.00. The standard InChI is InChI=1S/C15H23N3O/c1-11(19)18-15-5-3-2-4-12(15)10-17-14-8-6-13(16)7-9-14/h2-5,13-14,17H,6-10,16H2,1H3,(H,18,19). The fourth-order valence-electron chi connectivity index (χ4n) is 2.56. The van der Waals surface area contributed by atoms with E-state index in [1.54, 1.807) is 0 Å². The van der Waals surface area contributed by atoms with Crippen LogP contribution < -0.4 is 16.4 Å². The van der Waals surface area contributed by atoms with Crippen molar-refractivity contribution in [2.75, 3.05) is 5.32 Å². The van der Waals surface area contributed by atoms with E-state index in [0.717, 1.165) is 43.5 Å². The van der Waals surface area contributed by atoms with Crippen LogP contribution in [0.3, 0.4) is 0 Å². The molecule has 0 radical (unpaired) electrons. The van der Waals surface area contributed by atoms with Crippen LogP contribution in [0.5, 0.6) is 0 Å². The number of carbonyl (C=O) groups is 1. The lowest BCUT2D eigenvalue weighted by molar-refractivity contribution is -0.114. The number of anilines is 1. The summed E-state index contributed by atoms with van der Waals surface area (Å²) in [7, 11) is 0. The highest BCUT2D eigenvalue weighted by molar-refractivity contribution is 5.89. The average molecular weight is 261 g/mol. The summed E-state index contributed by atoms with van der Waals surface area (Å²) in [5.74, 6) is -0.0314. The van der Waals surface area contributed by atoms with Gasteiger partial charge in [0.25, 0.3) is 0 Å². The van der Waals surface area contributed by atoms with Crippen molar-refractivity contribution in [1.29, 1.82) is 0 Å². The highest BCUT2D eigenvalue weighted by atomic mass is 16.1. The lowest BCUT2D eigenvalue weighted by atomic mass is 9.91. The Morgan fingerprint density at radius 2 is 1.95 bits per heavy atom. The number of nitrogens with one attached hydrogen (secondary N) is 2. The molecule has 0 spiro atoms. The number of rotatable bonds is 4. The zero-order valence-electron chi connectivity index (χ0n) is 11.5. The lowest BCUT2D eigenvalue weighted by Gasteiger charge is -2.27. The van der Waals surface area contributed by atoms with Crippen molar-refractivity contribution in [3.63, 3.8) is 0 Å². The first-order valence-electron chi connectivity index (χ1n) is 6.99. The maximum absolute atomic E-state index is 11.2. The van der Waals surface area contributed by atoms with Crippen LogP contribution in [0.1, 0.15) is 38.2 Å². The van der Waals surface area contributed by atoms with E-state index >= 15 is 0 Å². The molecule has 0 heterocycles. The molecule has 1 aromatic rings. The molecule has 4 heteroatoms. The van der Waals surface area contributed by atoms with Gasteiger partial charge >= 0.3 is 0 Å². The second-order valence-electron chi connectivity index (χ2n) is 5.33. The van der Waals surface area contributed by atoms with E-state index in [4.69, 9.17) is 5.73 Å². The molecule has 104 valence electrons. The average Bonchev–Trinajstić information content (AvgIpc) is 2.39. The van der Waals surface area contributed by atoms with Crippen molar-refractivity contribution in [2.45, 2.75) is 51.2 Å². The highest BCUT2D eigenvalue weighted by Crippen LogP contribution is 2.19. The van der Waals surface area contributed by atoms with Crippen LogP contribution in [0.25, 0.3) is 0 Å². The number of hydrogen-bond donors (Lipinski definition) is 3. The molecule has 2 rings (SSSR count). The summed E-state index contributed by atoms with van der Waals surface area (Å²) in [6.07, 6.45) is 4.49. The van der Waals surface area contributed by atoms with Crippen molar-refractivity contribution in [1.82, 2.24) is 5.32 Å². The third-order valence-corrected chi connectivity index (χ3v) is 3.68. The van der Waals surface area contributed by atoms with Crippen LogP contribution in [0.15, 0.2) is 24.3 Å². The first-order chi connectivity index (χ1) is 9.15. The van der Waals surface area contributed by atoms with Gasteiger partial charge in [0, 0.05) is 31.2 Å². The summed E-state index contributed by atoms with van der Waals surface area (Å²) in [6.45, 7) is 2.32. The Kier molecular flexibility index (Phi) is 4.93. The van der Waals surface area contributed by atoms with Crippen LogP contribution >= 0.6 is 0 Å². The maximum Gasteiger partial charge on any atom is 0.221 e. The zero-order valence-corrected chi connectivity index (χ0v) is 11.5. The van der Waals surface area contributed by atoms with Gasteiger partial charge in [-0.1, -0.05) is 18.2 Å². The molecule has 0 aromatic heterocycles. The Labute approximate surface area is 114 Å². The maximum atomic E-state index is 11.2. The second kappa shape index (κ2) is 6.68. The Morgan fingerprint density at radius 3 is 2.63 bits per heavy atom. The van der Waals surface area contributed by atoms with Gasteiger partial charge < -0.3 is 16.4 Å². The molecular weight excluding hydrogens is 238 g/mol. The molecule has 1 aromatic carbocycles. The molecule has 0 bridgehead atoms. The predicted molar refractivity (Wildman–Crippen MR) is 77.8 cm³/mol. The molecule has 1 fully saturated rings. The van der Waals surface area contributed by atoms with E-state index in [-0.39, 0.29) is 5.91 Å². The third kappa shape index (κ3) is 4.33. The smallest absolute Gasteiger partial charge is 0.221 e. The Bertz CT molecular complexity index is 425. The summed E-state index contributed by atoms with van der Waals surface area (Å²) < 4.78 is 0. The molecule has 0 unspecified atom stereocenters. The summed E-state index contributed by atoms with van der Waals surface area (Å²) in [4.78, 5) is 11.2. The van der Waals surface area contributed by atoms with Crippen LogP contribution in [0.2, 0.25) is 0 Å². The number of carbonyl (C=O) groups excluding carboxylic acids is 1. The molecule has 0 saturated heterocycles. The molecule has 0 atom stereocenters. The minimum Gasteiger partial charge on any atom is -0.328 e. The first kappa shape index (κ1) is 14.0. The summed E-state index contributed by atoms with van der Waals surface area (Å²) in [5, 5.41) is 6.43. The van der Waals surface area contributed by atoms with Crippen LogP contribution in [-0.2, 0) is 11.3 Å². The summed E-state index contributed by atoms with van der Waals surface area (Å²) in [5.41, 5.74) is 7.94. The molecule has 0 aliphatic heterocycles. The lowest BCUT2D eigenvalue weighted by Crippen LogP contribution is -2.37. The number of benzene rings is 1. The number of amides is 1. The molecule has 4 N–H and O–H groups in total. The van der Waals surface area contributed by atoms with Gasteiger partial charge in [-0.15, -0.1) is 0 Å². The van der Waals surface area contributed by atoms with Crippen LogP contribution in [0, 0.1) is 0 Å². The highest BCUT2D eigenvalue weighted by Gasteiger charge is 2.18. The van der Waals surface area contributed by atoms with Gasteiger partial charge in [-0.05, 0) is 37.3 Å². The van der Waals surface area contributed by atoms with Gasteiger partial charge in [0.15, 0.2) is 0 Å². The molecule has 1 aliphatic rings. The largest absolute Gasteiger partial charge is 0.328 e. The van der Waals surface area contributed by atoms with Crippen molar-refractivity contribution >= 4 is 11.6 Å². The minimum absolute atomic E-state index is 0.0314. The molecule has 1 saturated carbocycles. The fourth-order valence-corrected chi connectivity index (χ4v) is 2.56. The van der Waals surface area contributed by atoms with Gasteiger partial charge in [0.2, 0.25) is 5.91 Å². The Hall–Kier alpha value is -1.39. The summed E-state index contributed by atoms with van der Waals surface area (Å²) in [6, 6.07) is 8.85. The minimum atomic E-state index is -0.0314. The number of hydrogen-bond acceptors (Lipinski definition) is 3. The van der Waals surface area contributed by atoms with Crippen LogP contribution in [-0.4, -0.2) is 18.0 Å². The Morgan fingerprint density at radius 1 is 1.26 bits per heavy atom.